The summed E-state index contributed by atoms with van der Waals surface area (Å²) in [7, 11) is 0. The topological polar surface area (TPSA) is 116 Å². The van der Waals surface area contributed by atoms with Crippen molar-refractivity contribution >= 4 is 46.0 Å². The summed E-state index contributed by atoms with van der Waals surface area (Å²) in [4.78, 5) is 23.8. The Morgan fingerprint density at radius 3 is 2.79 bits per heavy atom. The van der Waals surface area contributed by atoms with E-state index in [1.165, 1.54) is 12.3 Å². The van der Waals surface area contributed by atoms with Gasteiger partial charge in [-0.05, 0) is 55.5 Å². The first kappa shape index (κ1) is 21.1. The second-order valence-electron chi connectivity index (χ2n) is 7.49. The van der Waals surface area contributed by atoms with Crippen molar-refractivity contribution in [3.63, 3.8) is 0 Å². The van der Waals surface area contributed by atoms with Crippen molar-refractivity contribution in [2.75, 3.05) is 10.6 Å². The Balaban J connectivity index is 1.34. The molecule has 34 heavy (non-hydrogen) atoms. The molecule has 5 rings (SSSR count). The Bertz CT molecular complexity index is 1480. The third kappa shape index (κ3) is 4.29. The first-order valence-electron chi connectivity index (χ1n) is 10.7. The number of nitrogens with one attached hydrogen (secondary N) is 4. The maximum absolute atomic E-state index is 14.4. The fourth-order valence-electron chi connectivity index (χ4n) is 3.59. The molecule has 0 fully saturated rings. The van der Waals surface area contributed by atoms with E-state index in [1.807, 2.05) is 37.3 Å². The number of benzene rings is 2. The number of rotatable bonds is 7. The molecule has 3 aromatic heterocycles. The summed E-state index contributed by atoms with van der Waals surface area (Å²) in [6.07, 6.45) is 10.4. The molecule has 0 atom stereocenters. The van der Waals surface area contributed by atoms with Crippen LogP contribution in [0.3, 0.4) is 0 Å². The van der Waals surface area contributed by atoms with Gasteiger partial charge in [0.1, 0.15) is 11.6 Å². The van der Waals surface area contributed by atoms with Crippen molar-refractivity contribution in [2.45, 2.75) is 13.5 Å². The lowest BCUT2D eigenvalue weighted by molar-refractivity contribution is 0.101. The molecule has 10 heteroatoms. The quantitative estimate of drug-likeness (QED) is 0.281. The molecule has 9 nitrogen and oxygen atoms in total. The summed E-state index contributed by atoms with van der Waals surface area (Å²) >= 11 is 0. The average molecular weight is 456 g/mol. The van der Waals surface area contributed by atoms with Crippen LogP contribution in [0.1, 0.15) is 29.1 Å². The van der Waals surface area contributed by atoms with Crippen LogP contribution >= 0.6 is 0 Å². The predicted molar refractivity (Wildman–Crippen MR) is 129 cm³/mol. The minimum Gasteiger partial charge on any atom is -0.355 e. The number of aromatic nitrogens is 6. The largest absolute Gasteiger partial charge is 0.355 e. The molecule has 0 bridgehead atoms. The molecule has 0 aliphatic heterocycles. The molecule has 0 saturated carbocycles. The standard InChI is InChI=1S/C24H21FN8O/c1-2-33-12-11-28-23(33)24(34)30-21-14-16(4-6-18(21)25)29-15-3-5-17-19(31-32-20(17)13-15)7-8-22-26-9-10-27-22/h3-14,29H,2H2,1H3,(H,26,27)(H,30,34)(H,31,32)/b8-7+. The monoisotopic (exact) mass is 456 g/mol. The zero-order valence-corrected chi connectivity index (χ0v) is 18.2. The highest BCUT2D eigenvalue weighted by Gasteiger charge is 2.15. The molecular formula is C24H21FN8O. The molecule has 0 aliphatic rings. The van der Waals surface area contributed by atoms with E-state index in [4.69, 9.17) is 0 Å². The Morgan fingerprint density at radius 2 is 1.97 bits per heavy atom. The molecule has 0 aliphatic carbocycles. The van der Waals surface area contributed by atoms with Crippen molar-refractivity contribution in [3.8, 4) is 0 Å². The lowest BCUT2D eigenvalue weighted by atomic mass is 10.1. The van der Waals surface area contributed by atoms with Gasteiger partial charge >= 0.3 is 0 Å². The third-order valence-corrected chi connectivity index (χ3v) is 5.27. The summed E-state index contributed by atoms with van der Waals surface area (Å²) in [5.74, 6) is -0.0448. The molecular weight excluding hydrogens is 435 g/mol. The van der Waals surface area contributed by atoms with Crippen LogP contribution in [0.15, 0.2) is 61.2 Å². The van der Waals surface area contributed by atoms with Gasteiger partial charge < -0.3 is 20.2 Å². The van der Waals surface area contributed by atoms with E-state index >= 15 is 0 Å². The number of hydrogen-bond donors (Lipinski definition) is 4. The molecule has 0 saturated heterocycles. The second kappa shape index (κ2) is 9.02. The van der Waals surface area contributed by atoms with E-state index in [1.54, 1.807) is 35.3 Å². The van der Waals surface area contributed by atoms with Crippen LogP contribution in [0.2, 0.25) is 0 Å². The number of fused-ring (bicyclic) bond motifs is 1. The summed E-state index contributed by atoms with van der Waals surface area (Å²) in [5.41, 5.74) is 3.09. The molecule has 3 heterocycles. The van der Waals surface area contributed by atoms with Gasteiger partial charge in [0.05, 0.1) is 16.9 Å². The Hall–Kier alpha value is -4.73. The third-order valence-electron chi connectivity index (χ3n) is 5.27. The van der Waals surface area contributed by atoms with Crippen LogP contribution < -0.4 is 10.6 Å². The molecule has 0 unspecified atom stereocenters. The van der Waals surface area contributed by atoms with Crippen LogP contribution in [0, 0.1) is 5.82 Å². The molecule has 0 radical (unpaired) electrons. The van der Waals surface area contributed by atoms with Crippen LogP contribution in [0.5, 0.6) is 0 Å². The highest BCUT2D eigenvalue weighted by atomic mass is 19.1. The first-order chi connectivity index (χ1) is 16.6. The van der Waals surface area contributed by atoms with Gasteiger partial charge in [-0.15, -0.1) is 0 Å². The maximum Gasteiger partial charge on any atom is 0.291 e. The van der Waals surface area contributed by atoms with Crippen molar-refractivity contribution in [2.24, 2.45) is 0 Å². The van der Waals surface area contributed by atoms with E-state index in [0.717, 1.165) is 28.1 Å². The van der Waals surface area contributed by atoms with Crippen molar-refractivity contribution in [1.82, 2.24) is 29.7 Å². The summed E-state index contributed by atoms with van der Waals surface area (Å²) in [6, 6.07) is 10.2. The zero-order chi connectivity index (χ0) is 23.5. The van der Waals surface area contributed by atoms with Gasteiger partial charge in [0.25, 0.3) is 5.91 Å². The van der Waals surface area contributed by atoms with Gasteiger partial charge in [-0.2, -0.15) is 5.10 Å². The van der Waals surface area contributed by atoms with Crippen molar-refractivity contribution in [1.29, 1.82) is 0 Å². The van der Waals surface area contributed by atoms with E-state index in [2.05, 4.69) is 35.8 Å². The Kier molecular flexibility index (Phi) is 5.61. The molecule has 0 spiro atoms. The summed E-state index contributed by atoms with van der Waals surface area (Å²) < 4.78 is 16.1. The number of carbonyl (C=O) groups is 1. The molecule has 2 aromatic carbocycles. The lowest BCUT2D eigenvalue weighted by Crippen LogP contribution is -2.18. The normalized spacial score (nSPS) is 11.4. The van der Waals surface area contributed by atoms with E-state index < -0.39 is 11.7 Å². The van der Waals surface area contributed by atoms with Crippen LogP contribution in [-0.2, 0) is 6.54 Å². The SMILES string of the molecule is CCn1ccnc1C(=O)Nc1cc(Nc2ccc3c(/C=C/c4ncc[nH]4)n[nH]c3c2)ccc1F. The minimum atomic E-state index is -0.537. The number of carbonyl (C=O) groups excluding carboxylic acids is 1. The number of aryl methyl sites for hydroxylation is 1. The number of hydrogen-bond acceptors (Lipinski definition) is 5. The van der Waals surface area contributed by atoms with Crippen LogP contribution in [0.25, 0.3) is 23.1 Å². The number of imidazole rings is 2. The molecule has 1 amide bonds. The number of halogens is 1. The van der Waals surface area contributed by atoms with Crippen LogP contribution in [-0.4, -0.2) is 35.6 Å². The zero-order valence-electron chi connectivity index (χ0n) is 18.2. The fraction of sp³-hybridized carbons (Fsp3) is 0.0833. The molecule has 4 N–H and O–H groups in total. The first-order valence-corrected chi connectivity index (χ1v) is 10.7. The predicted octanol–water partition coefficient (Wildman–Crippen LogP) is 4.81. The number of amides is 1. The Morgan fingerprint density at radius 1 is 1.12 bits per heavy atom. The second-order valence-corrected chi connectivity index (χ2v) is 7.49. The minimum absolute atomic E-state index is 0.0635. The lowest BCUT2D eigenvalue weighted by Gasteiger charge is -2.11. The molecule has 170 valence electrons. The van der Waals surface area contributed by atoms with Gasteiger partial charge in [-0.3, -0.25) is 9.89 Å². The summed E-state index contributed by atoms with van der Waals surface area (Å²) in [6.45, 7) is 2.49. The number of aromatic amines is 2. The van der Waals surface area contributed by atoms with Crippen molar-refractivity contribution < 1.29 is 9.18 Å². The Labute approximate surface area is 193 Å². The van der Waals surface area contributed by atoms with Gasteiger partial charge in [0.15, 0.2) is 5.82 Å². The number of nitrogens with zero attached hydrogens (tertiary/aromatic N) is 4. The van der Waals surface area contributed by atoms with Gasteiger partial charge in [0.2, 0.25) is 0 Å². The maximum atomic E-state index is 14.4. The van der Waals surface area contributed by atoms with Gasteiger partial charge in [0, 0.05) is 48.1 Å². The fourth-order valence-corrected chi connectivity index (χ4v) is 3.59. The van der Waals surface area contributed by atoms with Crippen molar-refractivity contribution in [3.05, 3.63) is 84.3 Å². The van der Waals surface area contributed by atoms with E-state index in [0.29, 0.717) is 12.2 Å². The average Bonchev–Trinajstić information content (AvgIpc) is 3.60. The molecule has 5 aromatic rings. The van der Waals surface area contributed by atoms with Crippen LogP contribution in [0.4, 0.5) is 21.5 Å². The van der Waals surface area contributed by atoms with Gasteiger partial charge in [-0.1, -0.05) is 0 Å². The highest BCUT2D eigenvalue weighted by molar-refractivity contribution is 6.02. The smallest absolute Gasteiger partial charge is 0.291 e. The van der Waals surface area contributed by atoms with Gasteiger partial charge in [-0.25, -0.2) is 14.4 Å². The summed E-state index contributed by atoms with van der Waals surface area (Å²) in [5, 5.41) is 14.2. The van der Waals surface area contributed by atoms with E-state index in [9.17, 15) is 9.18 Å². The number of H-pyrrole nitrogens is 2. The van der Waals surface area contributed by atoms with E-state index in [-0.39, 0.29) is 11.5 Å². The number of anilines is 3. The highest BCUT2D eigenvalue weighted by Crippen LogP contribution is 2.26.